The van der Waals surface area contributed by atoms with E-state index in [0.717, 1.165) is 24.5 Å². The number of esters is 1. The van der Waals surface area contributed by atoms with Crippen LogP contribution in [0.4, 0.5) is 5.69 Å². The summed E-state index contributed by atoms with van der Waals surface area (Å²) < 4.78 is 4.63. The molecule has 0 radical (unpaired) electrons. The second-order valence-corrected chi connectivity index (χ2v) is 6.19. The number of hydrogen-bond acceptors (Lipinski definition) is 5. The highest BCUT2D eigenvalue weighted by atomic mass is 16.6. The zero-order valence-corrected chi connectivity index (χ0v) is 14.5. The normalized spacial score (nSPS) is 15.2. The van der Waals surface area contributed by atoms with Gasteiger partial charge in [-0.25, -0.2) is 4.79 Å². The molecule has 3 rings (SSSR count). The summed E-state index contributed by atoms with van der Waals surface area (Å²) in [7, 11) is 2.86. The summed E-state index contributed by atoms with van der Waals surface area (Å²) in [6.45, 7) is 0. The van der Waals surface area contributed by atoms with E-state index in [-0.39, 0.29) is 28.8 Å². The minimum atomic E-state index is -0.725. The van der Waals surface area contributed by atoms with Crippen LogP contribution in [0.5, 0.6) is 0 Å². The van der Waals surface area contributed by atoms with Crippen LogP contribution in [-0.2, 0) is 11.2 Å². The highest BCUT2D eigenvalue weighted by Gasteiger charge is 2.30. The molecule has 0 heterocycles. The van der Waals surface area contributed by atoms with E-state index in [1.807, 2.05) is 24.3 Å². The fourth-order valence-electron chi connectivity index (χ4n) is 3.36. The van der Waals surface area contributed by atoms with E-state index >= 15 is 0 Å². The van der Waals surface area contributed by atoms with E-state index in [4.69, 9.17) is 0 Å². The summed E-state index contributed by atoms with van der Waals surface area (Å²) in [5.74, 6) is -1.10. The first-order valence-corrected chi connectivity index (χ1v) is 8.15. The number of fused-ring (bicyclic) bond motifs is 1. The van der Waals surface area contributed by atoms with Crippen molar-refractivity contribution < 1.29 is 19.2 Å². The highest BCUT2D eigenvalue weighted by Crippen LogP contribution is 2.35. The molecule has 2 aromatic rings. The van der Waals surface area contributed by atoms with Gasteiger partial charge in [0, 0.05) is 24.7 Å². The van der Waals surface area contributed by atoms with Crippen molar-refractivity contribution in [2.45, 2.75) is 18.9 Å². The van der Waals surface area contributed by atoms with Crippen molar-refractivity contribution in [3.05, 3.63) is 74.8 Å². The van der Waals surface area contributed by atoms with E-state index in [9.17, 15) is 19.7 Å². The molecule has 134 valence electrons. The SMILES string of the molecule is COC(=O)c1cc(C(=O)N(C)C2CCc3ccccc32)cc([N+](=O)[O-])c1. The Morgan fingerprint density at radius 2 is 1.88 bits per heavy atom. The van der Waals surface area contributed by atoms with E-state index < -0.39 is 10.9 Å². The van der Waals surface area contributed by atoms with Gasteiger partial charge in [-0.15, -0.1) is 0 Å². The maximum absolute atomic E-state index is 12.9. The van der Waals surface area contributed by atoms with Gasteiger partial charge in [0.25, 0.3) is 11.6 Å². The van der Waals surface area contributed by atoms with Crippen LogP contribution >= 0.6 is 0 Å². The Morgan fingerprint density at radius 3 is 2.58 bits per heavy atom. The van der Waals surface area contributed by atoms with Gasteiger partial charge in [0.2, 0.25) is 0 Å². The Kier molecular flexibility index (Phi) is 4.71. The van der Waals surface area contributed by atoms with Gasteiger partial charge in [0.15, 0.2) is 0 Å². The smallest absolute Gasteiger partial charge is 0.338 e. The van der Waals surface area contributed by atoms with Gasteiger partial charge in [-0.3, -0.25) is 14.9 Å². The van der Waals surface area contributed by atoms with Crippen molar-refractivity contribution in [3.63, 3.8) is 0 Å². The Balaban J connectivity index is 1.95. The maximum Gasteiger partial charge on any atom is 0.338 e. The first-order chi connectivity index (χ1) is 12.4. The number of rotatable bonds is 4. The molecular weight excluding hydrogens is 336 g/mol. The number of hydrogen-bond donors (Lipinski definition) is 0. The molecule has 0 saturated carbocycles. The van der Waals surface area contributed by atoms with Crippen molar-refractivity contribution in [2.75, 3.05) is 14.2 Å². The first-order valence-electron chi connectivity index (χ1n) is 8.15. The zero-order valence-electron chi connectivity index (χ0n) is 14.5. The second-order valence-electron chi connectivity index (χ2n) is 6.19. The van der Waals surface area contributed by atoms with Crippen LogP contribution in [0.15, 0.2) is 42.5 Å². The molecular formula is C19H18N2O5. The monoisotopic (exact) mass is 354 g/mol. The van der Waals surface area contributed by atoms with Crippen molar-refractivity contribution in [1.29, 1.82) is 0 Å². The number of benzene rings is 2. The molecule has 0 aromatic heterocycles. The van der Waals surface area contributed by atoms with Crippen LogP contribution in [0, 0.1) is 10.1 Å². The predicted octanol–water partition coefficient (Wildman–Crippen LogP) is 3.14. The summed E-state index contributed by atoms with van der Waals surface area (Å²) in [4.78, 5) is 36.8. The molecule has 0 aliphatic heterocycles. The Labute approximate surface area is 150 Å². The number of carbonyl (C=O) groups excluding carboxylic acids is 2. The van der Waals surface area contributed by atoms with Gasteiger partial charge in [-0.2, -0.15) is 0 Å². The molecule has 1 aliphatic rings. The molecule has 1 unspecified atom stereocenters. The van der Waals surface area contributed by atoms with E-state index in [1.165, 1.54) is 24.8 Å². The fourth-order valence-corrected chi connectivity index (χ4v) is 3.36. The quantitative estimate of drug-likeness (QED) is 0.478. The van der Waals surface area contributed by atoms with Crippen LogP contribution in [-0.4, -0.2) is 35.9 Å². The lowest BCUT2D eigenvalue weighted by atomic mass is 10.0. The molecule has 1 amide bonds. The third-order valence-electron chi connectivity index (χ3n) is 4.69. The number of carbonyl (C=O) groups is 2. The van der Waals surface area contributed by atoms with Gasteiger partial charge < -0.3 is 9.64 Å². The lowest BCUT2D eigenvalue weighted by Gasteiger charge is -2.25. The Bertz CT molecular complexity index is 893. The summed E-state index contributed by atoms with van der Waals surface area (Å²) in [5, 5.41) is 11.2. The second kappa shape index (κ2) is 6.95. The van der Waals surface area contributed by atoms with Crippen molar-refractivity contribution in [3.8, 4) is 0 Å². The van der Waals surface area contributed by atoms with Crippen LogP contribution in [0.3, 0.4) is 0 Å². The summed E-state index contributed by atoms with van der Waals surface area (Å²) in [6.07, 6.45) is 1.67. The third kappa shape index (κ3) is 3.15. The number of nitro benzene ring substituents is 1. The van der Waals surface area contributed by atoms with Crippen molar-refractivity contribution >= 4 is 17.6 Å². The van der Waals surface area contributed by atoms with Crippen LogP contribution in [0.1, 0.15) is 44.3 Å². The average molecular weight is 354 g/mol. The van der Waals surface area contributed by atoms with Crippen LogP contribution < -0.4 is 0 Å². The van der Waals surface area contributed by atoms with E-state index in [2.05, 4.69) is 4.74 Å². The summed E-state index contributed by atoms with van der Waals surface area (Å²) >= 11 is 0. The minimum absolute atomic E-state index is 0.0229. The van der Waals surface area contributed by atoms with Gasteiger partial charge in [-0.05, 0) is 30.0 Å². The van der Waals surface area contributed by atoms with Gasteiger partial charge in [0.05, 0.1) is 23.6 Å². The van der Waals surface area contributed by atoms with Crippen LogP contribution in [0.2, 0.25) is 0 Å². The molecule has 0 fully saturated rings. The van der Waals surface area contributed by atoms with E-state index in [0.29, 0.717) is 0 Å². The van der Waals surface area contributed by atoms with Gasteiger partial charge in [0.1, 0.15) is 0 Å². The topological polar surface area (TPSA) is 89.8 Å². The lowest BCUT2D eigenvalue weighted by molar-refractivity contribution is -0.384. The molecule has 26 heavy (non-hydrogen) atoms. The number of methoxy groups -OCH3 is 1. The summed E-state index contributed by atoms with van der Waals surface area (Å²) in [5.41, 5.74) is 2.03. The van der Waals surface area contributed by atoms with E-state index in [1.54, 1.807) is 11.9 Å². The molecule has 1 aliphatic carbocycles. The molecule has 1 atom stereocenters. The molecule has 0 N–H and O–H groups in total. The molecule has 2 aromatic carbocycles. The maximum atomic E-state index is 12.9. The number of aryl methyl sites for hydroxylation is 1. The number of nitrogens with zero attached hydrogens (tertiary/aromatic N) is 2. The highest BCUT2D eigenvalue weighted by molar-refractivity contribution is 5.99. The predicted molar refractivity (Wildman–Crippen MR) is 94.0 cm³/mol. The molecule has 0 saturated heterocycles. The number of amides is 1. The first kappa shape index (κ1) is 17.6. The largest absolute Gasteiger partial charge is 0.465 e. The van der Waals surface area contributed by atoms with Crippen molar-refractivity contribution in [1.82, 2.24) is 4.90 Å². The van der Waals surface area contributed by atoms with Gasteiger partial charge >= 0.3 is 5.97 Å². The Morgan fingerprint density at radius 1 is 1.19 bits per heavy atom. The average Bonchev–Trinajstić information content (AvgIpc) is 3.09. The number of ether oxygens (including phenoxy) is 1. The van der Waals surface area contributed by atoms with Crippen LogP contribution in [0.25, 0.3) is 0 Å². The molecule has 0 bridgehead atoms. The number of non-ortho nitro benzene ring substituents is 1. The fraction of sp³-hybridized carbons (Fsp3) is 0.263. The zero-order chi connectivity index (χ0) is 18.8. The third-order valence-corrected chi connectivity index (χ3v) is 4.69. The minimum Gasteiger partial charge on any atom is -0.465 e. The molecule has 7 heteroatoms. The van der Waals surface area contributed by atoms with Crippen molar-refractivity contribution in [2.24, 2.45) is 0 Å². The number of nitro groups is 1. The van der Waals surface area contributed by atoms with Gasteiger partial charge in [-0.1, -0.05) is 24.3 Å². The molecule has 7 nitrogen and oxygen atoms in total. The summed E-state index contributed by atoms with van der Waals surface area (Å²) in [6, 6.07) is 11.4. The lowest BCUT2D eigenvalue weighted by Crippen LogP contribution is -2.30. The Hall–Kier alpha value is -3.22. The standard InChI is InChI=1S/C19H18N2O5/c1-20(17-8-7-12-5-3-4-6-16(12)17)18(22)13-9-14(19(23)26-2)11-15(10-13)21(24)25/h3-6,9-11,17H,7-8H2,1-2H3. The molecule has 0 spiro atoms.